The van der Waals surface area contributed by atoms with Crippen molar-refractivity contribution in [3.63, 3.8) is 0 Å². The predicted octanol–water partition coefficient (Wildman–Crippen LogP) is 5.37. The Morgan fingerprint density at radius 2 is 1.79 bits per heavy atom. The van der Waals surface area contributed by atoms with Crippen LogP contribution >= 0.6 is 11.6 Å². The summed E-state index contributed by atoms with van der Waals surface area (Å²) in [4.78, 5) is 17.1. The molecule has 0 bridgehead atoms. The van der Waals surface area contributed by atoms with E-state index in [1.54, 1.807) is 6.07 Å². The van der Waals surface area contributed by atoms with Crippen LogP contribution in [0.15, 0.2) is 72.8 Å². The molecular formula is C27H28ClN3O2. The number of aryl methyl sites for hydroxylation is 2. The molecule has 0 aliphatic heterocycles. The van der Waals surface area contributed by atoms with Gasteiger partial charge in [-0.25, -0.2) is 4.98 Å². The van der Waals surface area contributed by atoms with E-state index in [4.69, 9.17) is 21.3 Å². The summed E-state index contributed by atoms with van der Waals surface area (Å²) in [5, 5.41) is 3.61. The van der Waals surface area contributed by atoms with Crippen molar-refractivity contribution in [2.24, 2.45) is 0 Å². The molecule has 6 heteroatoms. The average molecular weight is 462 g/mol. The van der Waals surface area contributed by atoms with E-state index >= 15 is 0 Å². The van der Waals surface area contributed by atoms with E-state index in [2.05, 4.69) is 22.9 Å². The number of hydrogen-bond donors (Lipinski definition) is 1. The lowest BCUT2D eigenvalue weighted by Gasteiger charge is -2.11. The van der Waals surface area contributed by atoms with Gasteiger partial charge in [0.05, 0.1) is 24.0 Å². The van der Waals surface area contributed by atoms with Gasteiger partial charge in [0.15, 0.2) is 0 Å². The van der Waals surface area contributed by atoms with Crippen molar-refractivity contribution in [1.82, 2.24) is 14.9 Å². The zero-order chi connectivity index (χ0) is 23.0. The molecule has 0 unspecified atom stereocenters. The number of amides is 1. The quantitative estimate of drug-likeness (QED) is 0.323. The van der Waals surface area contributed by atoms with Gasteiger partial charge in [-0.3, -0.25) is 4.79 Å². The molecule has 1 amide bonds. The third-order valence-electron chi connectivity index (χ3n) is 5.55. The van der Waals surface area contributed by atoms with Gasteiger partial charge in [0.25, 0.3) is 0 Å². The van der Waals surface area contributed by atoms with Crippen LogP contribution in [0.5, 0.6) is 5.75 Å². The molecule has 4 aromatic rings. The molecule has 1 aromatic heterocycles. The molecule has 0 aliphatic rings. The van der Waals surface area contributed by atoms with Gasteiger partial charge in [-0.1, -0.05) is 59.6 Å². The van der Waals surface area contributed by atoms with E-state index in [-0.39, 0.29) is 12.3 Å². The fourth-order valence-corrected chi connectivity index (χ4v) is 4.01. The molecule has 3 aromatic carbocycles. The Labute approximate surface area is 199 Å². The first-order valence-electron chi connectivity index (χ1n) is 11.2. The second-order valence-corrected chi connectivity index (χ2v) is 8.46. The average Bonchev–Trinajstić information content (AvgIpc) is 3.17. The van der Waals surface area contributed by atoms with E-state index in [1.807, 2.05) is 60.7 Å². The van der Waals surface area contributed by atoms with Crippen LogP contribution in [0.25, 0.3) is 11.0 Å². The number of carbonyl (C=O) groups is 1. The van der Waals surface area contributed by atoms with Crippen LogP contribution < -0.4 is 10.1 Å². The predicted molar refractivity (Wildman–Crippen MR) is 133 cm³/mol. The first kappa shape index (κ1) is 22.9. The fraction of sp³-hybridized carbons (Fsp3) is 0.259. The molecule has 0 saturated heterocycles. The molecule has 0 fully saturated rings. The minimum atomic E-state index is -0.0249. The van der Waals surface area contributed by atoms with Crippen LogP contribution in [-0.2, 0) is 24.2 Å². The second kappa shape index (κ2) is 11.0. The molecule has 0 saturated carbocycles. The molecular weight excluding hydrogens is 434 g/mol. The van der Waals surface area contributed by atoms with Gasteiger partial charge in [0.2, 0.25) is 5.91 Å². The third-order valence-corrected chi connectivity index (χ3v) is 5.92. The third kappa shape index (κ3) is 6.14. The van der Waals surface area contributed by atoms with Crippen LogP contribution in [-0.4, -0.2) is 28.6 Å². The molecule has 1 N–H and O–H groups in total. The Kier molecular flexibility index (Phi) is 7.63. The minimum absolute atomic E-state index is 0.0249. The summed E-state index contributed by atoms with van der Waals surface area (Å²) in [7, 11) is 0. The van der Waals surface area contributed by atoms with E-state index in [9.17, 15) is 4.79 Å². The van der Waals surface area contributed by atoms with Gasteiger partial charge < -0.3 is 14.6 Å². The van der Waals surface area contributed by atoms with Gasteiger partial charge in [0, 0.05) is 18.0 Å². The summed E-state index contributed by atoms with van der Waals surface area (Å²) in [6.45, 7) is 3.92. The smallest absolute Gasteiger partial charge is 0.224 e. The summed E-state index contributed by atoms with van der Waals surface area (Å²) in [5.41, 5.74) is 4.13. The maximum Gasteiger partial charge on any atom is 0.224 e. The number of rotatable bonds is 10. The summed E-state index contributed by atoms with van der Waals surface area (Å²) in [6.07, 6.45) is 1.86. The van der Waals surface area contributed by atoms with Crippen LogP contribution in [0.2, 0.25) is 5.02 Å². The number of aromatic nitrogens is 2. The summed E-state index contributed by atoms with van der Waals surface area (Å²) in [5.74, 6) is 1.85. The Morgan fingerprint density at radius 1 is 1.03 bits per heavy atom. The SMILES string of the molecule is Cc1ccc(OCCn2c(CCCNC(=O)Cc3ccccc3Cl)nc3ccccc32)cc1. The Balaban J connectivity index is 1.32. The van der Waals surface area contributed by atoms with Crippen molar-refractivity contribution >= 4 is 28.5 Å². The van der Waals surface area contributed by atoms with E-state index < -0.39 is 0 Å². The minimum Gasteiger partial charge on any atom is -0.492 e. The Hall–Kier alpha value is -3.31. The lowest BCUT2D eigenvalue weighted by atomic mass is 10.1. The highest BCUT2D eigenvalue weighted by Crippen LogP contribution is 2.18. The van der Waals surface area contributed by atoms with E-state index in [1.165, 1.54) is 5.56 Å². The van der Waals surface area contributed by atoms with Crippen molar-refractivity contribution in [1.29, 1.82) is 0 Å². The van der Waals surface area contributed by atoms with E-state index in [0.717, 1.165) is 41.0 Å². The Morgan fingerprint density at radius 3 is 2.61 bits per heavy atom. The zero-order valence-electron chi connectivity index (χ0n) is 18.8. The molecule has 0 radical (unpaired) electrons. The number of ether oxygens (including phenoxy) is 1. The zero-order valence-corrected chi connectivity index (χ0v) is 19.5. The van der Waals surface area contributed by atoms with Crippen molar-refractivity contribution < 1.29 is 9.53 Å². The normalized spacial score (nSPS) is 11.0. The maximum absolute atomic E-state index is 12.3. The molecule has 1 heterocycles. The van der Waals surface area contributed by atoms with Crippen molar-refractivity contribution in [3.8, 4) is 5.75 Å². The van der Waals surface area contributed by atoms with Gasteiger partial charge in [-0.15, -0.1) is 0 Å². The first-order chi connectivity index (χ1) is 16.1. The van der Waals surface area contributed by atoms with Gasteiger partial charge in [0.1, 0.15) is 18.2 Å². The summed E-state index contributed by atoms with van der Waals surface area (Å²) < 4.78 is 8.16. The van der Waals surface area contributed by atoms with Crippen LogP contribution in [0, 0.1) is 6.92 Å². The standard InChI is InChI=1S/C27H28ClN3O2/c1-20-12-14-22(15-13-20)33-18-17-31-25-10-5-4-9-24(25)30-26(31)11-6-16-29-27(32)19-21-7-2-3-8-23(21)28/h2-5,7-10,12-15H,6,11,16-19H2,1H3,(H,29,32). The number of carbonyl (C=O) groups excluding carboxylic acids is 1. The number of nitrogens with zero attached hydrogens (tertiary/aromatic N) is 2. The Bertz CT molecular complexity index is 1220. The highest BCUT2D eigenvalue weighted by molar-refractivity contribution is 6.31. The van der Waals surface area contributed by atoms with Crippen molar-refractivity contribution in [2.45, 2.75) is 32.7 Å². The van der Waals surface area contributed by atoms with Crippen molar-refractivity contribution in [3.05, 3.63) is 94.8 Å². The number of hydrogen-bond acceptors (Lipinski definition) is 3. The molecule has 0 aliphatic carbocycles. The number of halogens is 1. The highest BCUT2D eigenvalue weighted by atomic mass is 35.5. The van der Waals surface area contributed by atoms with Gasteiger partial charge >= 0.3 is 0 Å². The number of para-hydroxylation sites is 2. The second-order valence-electron chi connectivity index (χ2n) is 8.05. The fourth-order valence-electron chi connectivity index (χ4n) is 3.81. The molecule has 33 heavy (non-hydrogen) atoms. The lowest BCUT2D eigenvalue weighted by molar-refractivity contribution is -0.120. The summed E-state index contributed by atoms with van der Waals surface area (Å²) in [6, 6.07) is 23.7. The largest absolute Gasteiger partial charge is 0.492 e. The number of benzene rings is 3. The molecule has 0 spiro atoms. The van der Waals surface area contributed by atoms with E-state index in [0.29, 0.717) is 24.7 Å². The topological polar surface area (TPSA) is 56.1 Å². The van der Waals surface area contributed by atoms with Crippen LogP contribution in [0.3, 0.4) is 0 Å². The van der Waals surface area contributed by atoms with Gasteiger partial charge in [-0.05, 0) is 49.2 Å². The molecule has 170 valence electrons. The lowest BCUT2D eigenvalue weighted by Crippen LogP contribution is -2.26. The monoisotopic (exact) mass is 461 g/mol. The molecule has 4 rings (SSSR count). The molecule has 0 atom stereocenters. The maximum atomic E-state index is 12.3. The van der Waals surface area contributed by atoms with Gasteiger partial charge in [-0.2, -0.15) is 0 Å². The number of fused-ring (bicyclic) bond motifs is 1. The van der Waals surface area contributed by atoms with Crippen molar-refractivity contribution in [2.75, 3.05) is 13.2 Å². The first-order valence-corrected chi connectivity index (χ1v) is 11.6. The highest BCUT2D eigenvalue weighted by Gasteiger charge is 2.11. The number of imidazole rings is 1. The van der Waals surface area contributed by atoms with Crippen LogP contribution in [0.4, 0.5) is 0 Å². The molecule has 5 nitrogen and oxygen atoms in total. The van der Waals surface area contributed by atoms with Crippen LogP contribution in [0.1, 0.15) is 23.4 Å². The summed E-state index contributed by atoms with van der Waals surface area (Å²) >= 11 is 6.15. The number of nitrogens with one attached hydrogen (secondary N) is 1.